The van der Waals surface area contributed by atoms with Crippen molar-refractivity contribution in [1.82, 2.24) is 9.78 Å². The zero-order valence-corrected chi connectivity index (χ0v) is 20.7. The molecule has 0 bridgehead atoms. The van der Waals surface area contributed by atoms with Crippen LogP contribution in [-0.4, -0.2) is 15.7 Å². The lowest BCUT2D eigenvalue weighted by molar-refractivity contribution is -0.112. The lowest BCUT2D eigenvalue weighted by Gasteiger charge is -2.09. The molecule has 0 saturated heterocycles. The molecule has 2 aromatic carbocycles. The number of hydrogen-bond acceptors (Lipinski definition) is 5. The Morgan fingerprint density at radius 3 is 2.56 bits per heavy atom. The molecular formula is C28H20ClN5OS. The van der Waals surface area contributed by atoms with Gasteiger partial charge in [0.15, 0.2) is 0 Å². The van der Waals surface area contributed by atoms with E-state index in [1.165, 1.54) is 17.4 Å². The molecule has 2 heterocycles. The fourth-order valence-electron chi connectivity index (χ4n) is 4.28. The van der Waals surface area contributed by atoms with Gasteiger partial charge in [-0.1, -0.05) is 41.9 Å². The number of halogens is 1. The number of thiophene rings is 1. The molecule has 1 amide bonds. The third-order valence-electron chi connectivity index (χ3n) is 6.06. The molecule has 1 N–H and O–H groups in total. The van der Waals surface area contributed by atoms with Gasteiger partial charge in [-0.2, -0.15) is 15.6 Å². The van der Waals surface area contributed by atoms with Crippen molar-refractivity contribution in [2.75, 3.05) is 5.32 Å². The number of benzene rings is 2. The smallest absolute Gasteiger partial charge is 0.266 e. The maximum atomic E-state index is 13.1. The van der Waals surface area contributed by atoms with Crippen molar-refractivity contribution in [2.45, 2.75) is 25.7 Å². The van der Waals surface area contributed by atoms with Crippen molar-refractivity contribution in [3.63, 3.8) is 0 Å². The highest BCUT2D eigenvalue weighted by atomic mass is 35.5. The number of fused-ring (bicyclic) bond motifs is 1. The van der Waals surface area contributed by atoms with Gasteiger partial charge in [0.2, 0.25) is 0 Å². The Hall–Kier alpha value is -4.17. The second-order valence-electron chi connectivity index (χ2n) is 8.37. The van der Waals surface area contributed by atoms with Crippen LogP contribution in [-0.2, 0) is 17.6 Å². The van der Waals surface area contributed by atoms with Crippen molar-refractivity contribution in [3.8, 4) is 29.1 Å². The molecule has 8 heteroatoms. The number of rotatable bonds is 5. The van der Waals surface area contributed by atoms with E-state index in [9.17, 15) is 15.3 Å². The van der Waals surface area contributed by atoms with Gasteiger partial charge in [-0.05, 0) is 61.6 Å². The number of para-hydroxylation sites is 1. The van der Waals surface area contributed by atoms with Crippen LogP contribution in [0.1, 0.15) is 34.4 Å². The molecule has 0 aliphatic heterocycles. The molecule has 0 atom stereocenters. The van der Waals surface area contributed by atoms with Crippen LogP contribution in [0.3, 0.4) is 0 Å². The summed E-state index contributed by atoms with van der Waals surface area (Å²) in [5.74, 6) is -0.554. The van der Waals surface area contributed by atoms with Crippen LogP contribution in [0.2, 0.25) is 5.02 Å². The molecule has 0 spiro atoms. The third-order valence-corrected chi connectivity index (χ3v) is 7.52. The van der Waals surface area contributed by atoms with Gasteiger partial charge in [0.25, 0.3) is 5.91 Å². The predicted octanol–water partition coefficient (Wildman–Crippen LogP) is 6.55. The van der Waals surface area contributed by atoms with E-state index < -0.39 is 5.91 Å². The van der Waals surface area contributed by atoms with E-state index >= 15 is 0 Å². The summed E-state index contributed by atoms with van der Waals surface area (Å²) in [4.78, 5) is 14.3. The molecule has 4 aromatic rings. The monoisotopic (exact) mass is 509 g/mol. The Labute approximate surface area is 217 Å². The number of nitrogens with one attached hydrogen (secondary N) is 1. The number of aromatic nitrogens is 2. The number of aryl methyl sites for hydroxylation is 1. The minimum Gasteiger partial charge on any atom is -0.312 e. The quantitative estimate of drug-likeness (QED) is 0.244. The molecule has 176 valence electrons. The van der Waals surface area contributed by atoms with Gasteiger partial charge in [-0.25, -0.2) is 4.68 Å². The number of amides is 1. The van der Waals surface area contributed by atoms with Gasteiger partial charge in [-0.15, -0.1) is 11.3 Å². The molecule has 5 rings (SSSR count). The van der Waals surface area contributed by atoms with Gasteiger partial charge >= 0.3 is 0 Å². The zero-order chi connectivity index (χ0) is 25.1. The number of nitrogens with zero attached hydrogens (tertiary/aromatic N) is 4. The van der Waals surface area contributed by atoms with E-state index in [1.807, 2.05) is 48.5 Å². The Kier molecular flexibility index (Phi) is 6.69. The van der Waals surface area contributed by atoms with Crippen LogP contribution in [0.5, 0.6) is 0 Å². The van der Waals surface area contributed by atoms with E-state index in [4.69, 9.17) is 16.7 Å². The first-order valence-corrected chi connectivity index (χ1v) is 12.7. The SMILES string of the molecule is N#C/C(=C\c1cn(-c2ccccc2)nc1-c1ccc(Cl)cc1)C(=O)Nc1sc2c(c1C#N)CCCC2. The van der Waals surface area contributed by atoms with Crippen molar-refractivity contribution in [1.29, 1.82) is 10.5 Å². The molecule has 0 saturated carbocycles. The van der Waals surface area contributed by atoms with E-state index in [-0.39, 0.29) is 5.57 Å². The summed E-state index contributed by atoms with van der Waals surface area (Å²) in [5, 5.41) is 28.2. The Morgan fingerprint density at radius 1 is 1.08 bits per heavy atom. The highest BCUT2D eigenvalue weighted by molar-refractivity contribution is 7.16. The summed E-state index contributed by atoms with van der Waals surface area (Å²) in [6.45, 7) is 0. The molecule has 0 radical (unpaired) electrons. The molecule has 1 aliphatic carbocycles. The van der Waals surface area contributed by atoms with Crippen LogP contribution in [0.4, 0.5) is 5.00 Å². The van der Waals surface area contributed by atoms with E-state index in [1.54, 1.807) is 23.0 Å². The first kappa shape index (κ1) is 23.6. The van der Waals surface area contributed by atoms with Crippen LogP contribution in [0.25, 0.3) is 23.0 Å². The summed E-state index contributed by atoms with van der Waals surface area (Å²) in [6.07, 6.45) is 7.19. The first-order chi connectivity index (χ1) is 17.6. The molecule has 0 unspecified atom stereocenters. The molecule has 36 heavy (non-hydrogen) atoms. The van der Waals surface area contributed by atoms with Crippen molar-refractivity contribution in [3.05, 3.63) is 93.0 Å². The second-order valence-corrected chi connectivity index (χ2v) is 9.91. The number of carbonyl (C=O) groups excluding carboxylic acids is 1. The van der Waals surface area contributed by atoms with Crippen molar-refractivity contribution < 1.29 is 4.79 Å². The molecule has 2 aromatic heterocycles. The number of carbonyl (C=O) groups is 1. The van der Waals surface area contributed by atoms with E-state index in [2.05, 4.69) is 11.4 Å². The Balaban J connectivity index is 1.53. The normalized spacial score (nSPS) is 12.9. The highest BCUT2D eigenvalue weighted by Gasteiger charge is 2.23. The van der Waals surface area contributed by atoms with Crippen molar-refractivity contribution >= 4 is 39.9 Å². The second kappa shape index (κ2) is 10.2. The average molecular weight is 510 g/mol. The zero-order valence-electron chi connectivity index (χ0n) is 19.2. The van der Waals surface area contributed by atoms with Crippen LogP contribution in [0, 0.1) is 22.7 Å². The maximum absolute atomic E-state index is 13.1. The number of nitriles is 2. The largest absolute Gasteiger partial charge is 0.312 e. The summed E-state index contributed by atoms with van der Waals surface area (Å²) >= 11 is 7.50. The molecule has 6 nitrogen and oxygen atoms in total. The van der Waals surface area contributed by atoms with E-state index in [0.29, 0.717) is 26.8 Å². The van der Waals surface area contributed by atoms with Gasteiger partial charge in [0.1, 0.15) is 22.7 Å². The third kappa shape index (κ3) is 4.67. The fourth-order valence-corrected chi connectivity index (χ4v) is 5.65. The predicted molar refractivity (Wildman–Crippen MR) is 142 cm³/mol. The summed E-state index contributed by atoms with van der Waals surface area (Å²) in [6, 6.07) is 21.1. The van der Waals surface area contributed by atoms with Gasteiger partial charge in [0, 0.05) is 27.2 Å². The summed E-state index contributed by atoms with van der Waals surface area (Å²) in [5.41, 5.74) is 4.33. The van der Waals surface area contributed by atoms with E-state index in [0.717, 1.165) is 47.4 Å². The maximum Gasteiger partial charge on any atom is 0.266 e. The van der Waals surface area contributed by atoms with Crippen LogP contribution < -0.4 is 5.32 Å². The first-order valence-electron chi connectivity index (χ1n) is 11.5. The van der Waals surface area contributed by atoms with Gasteiger partial charge in [-0.3, -0.25) is 4.79 Å². The molecular weight excluding hydrogens is 490 g/mol. The Morgan fingerprint density at radius 2 is 1.83 bits per heavy atom. The highest BCUT2D eigenvalue weighted by Crippen LogP contribution is 2.38. The summed E-state index contributed by atoms with van der Waals surface area (Å²) in [7, 11) is 0. The average Bonchev–Trinajstić information content (AvgIpc) is 3.49. The topological polar surface area (TPSA) is 94.5 Å². The summed E-state index contributed by atoms with van der Waals surface area (Å²) < 4.78 is 1.71. The lowest BCUT2D eigenvalue weighted by atomic mass is 9.96. The minimum atomic E-state index is -0.554. The van der Waals surface area contributed by atoms with Crippen LogP contribution >= 0.6 is 22.9 Å². The Bertz CT molecular complexity index is 1550. The number of hydrogen-bond donors (Lipinski definition) is 1. The standard InChI is InChI=1S/C28H20ClN5OS/c29-21-12-10-18(11-13-21)26-20(17-34(33-26)22-6-2-1-3-7-22)14-19(15-30)27(35)32-28-24(16-31)23-8-4-5-9-25(23)36-28/h1-3,6-7,10-14,17H,4-5,8-9H2,(H,32,35)/b19-14+. The van der Waals surface area contributed by atoms with Crippen LogP contribution in [0.15, 0.2) is 66.4 Å². The molecule has 1 aliphatic rings. The number of anilines is 1. The lowest BCUT2D eigenvalue weighted by Crippen LogP contribution is -2.13. The van der Waals surface area contributed by atoms with Crippen molar-refractivity contribution in [2.24, 2.45) is 0 Å². The fraction of sp³-hybridized carbons (Fsp3) is 0.143. The van der Waals surface area contributed by atoms with Gasteiger partial charge < -0.3 is 5.32 Å². The minimum absolute atomic E-state index is 0.0758. The molecule has 0 fully saturated rings. The van der Waals surface area contributed by atoms with Gasteiger partial charge in [0.05, 0.1) is 16.9 Å².